The van der Waals surface area contributed by atoms with Crippen LogP contribution in [0, 0.1) is 5.82 Å². The summed E-state index contributed by atoms with van der Waals surface area (Å²) in [5.41, 5.74) is 1.33. The van der Waals surface area contributed by atoms with Gasteiger partial charge < -0.3 is 20.2 Å². The van der Waals surface area contributed by atoms with Crippen molar-refractivity contribution in [1.82, 2.24) is 4.90 Å². The van der Waals surface area contributed by atoms with E-state index in [1.165, 1.54) is 23.1 Å². The Morgan fingerprint density at radius 3 is 2.81 bits per heavy atom. The van der Waals surface area contributed by atoms with Crippen molar-refractivity contribution in [3.8, 4) is 0 Å². The van der Waals surface area contributed by atoms with E-state index in [-0.39, 0.29) is 17.8 Å². The summed E-state index contributed by atoms with van der Waals surface area (Å²) in [5.74, 6) is 4.28. The van der Waals surface area contributed by atoms with E-state index in [9.17, 15) is 14.3 Å². The van der Waals surface area contributed by atoms with Gasteiger partial charge in [-0.05, 0) is 12.1 Å². The number of hydrazine groups is 1. The van der Waals surface area contributed by atoms with Crippen molar-refractivity contribution < 1.29 is 19.0 Å². The Morgan fingerprint density at radius 2 is 2.19 bits per heavy atom. The van der Waals surface area contributed by atoms with E-state index in [1.54, 1.807) is 7.05 Å². The maximum absolute atomic E-state index is 13.6. The summed E-state index contributed by atoms with van der Waals surface area (Å²) in [6.07, 6.45) is 0.936. The predicted molar refractivity (Wildman–Crippen MR) is 76.2 cm³/mol. The molecule has 1 saturated heterocycles. The van der Waals surface area contributed by atoms with Crippen molar-refractivity contribution in [3.05, 3.63) is 29.6 Å². The minimum absolute atomic E-state index is 0.0479. The fourth-order valence-electron chi connectivity index (χ4n) is 2.48. The van der Waals surface area contributed by atoms with Crippen LogP contribution in [0.4, 0.5) is 10.1 Å². The van der Waals surface area contributed by atoms with Crippen molar-refractivity contribution in [2.75, 3.05) is 32.2 Å². The topological polar surface area (TPSA) is 87.8 Å². The maximum Gasteiger partial charge on any atom is 0.255 e. The minimum Gasteiger partial charge on any atom is -0.388 e. The maximum atomic E-state index is 13.6. The number of nitrogens with zero attached hydrogens (tertiary/aromatic N) is 1. The van der Waals surface area contributed by atoms with Gasteiger partial charge in [0, 0.05) is 39.6 Å². The molecule has 1 heterocycles. The summed E-state index contributed by atoms with van der Waals surface area (Å²) in [6.45, 7) is 1.10. The summed E-state index contributed by atoms with van der Waals surface area (Å²) in [4.78, 5) is 13.8. The van der Waals surface area contributed by atoms with E-state index < -0.39 is 17.3 Å². The lowest BCUT2D eigenvalue weighted by Crippen LogP contribution is -2.47. The molecule has 1 amide bonds. The molecule has 6 nitrogen and oxygen atoms in total. The van der Waals surface area contributed by atoms with Crippen LogP contribution in [0.1, 0.15) is 23.2 Å². The molecule has 1 aliphatic rings. The zero-order valence-electron chi connectivity index (χ0n) is 11.9. The van der Waals surface area contributed by atoms with Crippen LogP contribution >= 0.6 is 0 Å². The molecule has 0 aromatic heterocycles. The molecule has 0 bridgehead atoms. The second-order valence-corrected chi connectivity index (χ2v) is 5.30. The molecule has 4 N–H and O–H groups in total. The highest BCUT2D eigenvalue weighted by Crippen LogP contribution is 2.24. The Kier molecular flexibility index (Phi) is 4.76. The largest absolute Gasteiger partial charge is 0.388 e. The number of carbonyl (C=O) groups excluding carboxylic acids is 1. The molecule has 1 fully saturated rings. The van der Waals surface area contributed by atoms with Crippen LogP contribution in [0.3, 0.4) is 0 Å². The third-order valence-corrected chi connectivity index (χ3v) is 3.69. The molecule has 116 valence electrons. The van der Waals surface area contributed by atoms with E-state index in [0.29, 0.717) is 26.1 Å². The molecule has 7 heteroatoms. The smallest absolute Gasteiger partial charge is 0.255 e. The molecule has 1 aromatic carbocycles. The lowest BCUT2D eigenvalue weighted by Gasteiger charge is -2.35. The van der Waals surface area contributed by atoms with Crippen molar-refractivity contribution in [2.45, 2.75) is 18.4 Å². The number of ether oxygens (including phenoxy) is 1. The summed E-state index contributed by atoms with van der Waals surface area (Å²) >= 11 is 0. The van der Waals surface area contributed by atoms with Gasteiger partial charge in [0.1, 0.15) is 5.82 Å². The molecule has 1 aromatic rings. The Morgan fingerprint density at radius 1 is 1.52 bits per heavy atom. The normalized spacial score (nSPS) is 17.3. The Labute approximate surface area is 122 Å². The van der Waals surface area contributed by atoms with Gasteiger partial charge in [0.05, 0.1) is 16.9 Å². The van der Waals surface area contributed by atoms with Crippen molar-refractivity contribution in [2.24, 2.45) is 5.84 Å². The highest BCUT2D eigenvalue weighted by molar-refractivity contribution is 5.99. The number of amides is 1. The number of nitrogens with one attached hydrogen (secondary N) is 1. The monoisotopic (exact) mass is 297 g/mol. The van der Waals surface area contributed by atoms with Gasteiger partial charge in [-0.3, -0.25) is 10.6 Å². The van der Waals surface area contributed by atoms with E-state index in [2.05, 4.69) is 5.43 Å². The van der Waals surface area contributed by atoms with Crippen LogP contribution in [0.5, 0.6) is 0 Å². The van der Waals surface area contributed by atoms with E-state index >= 15 is 0 Å². The molecule has 21 heavy (non-hydrogen) atoms. The summed E-state index contributed by atoms with van der Waals surface area (Å²) in [5, 5.41) is 10.4. The summed E-state index contributed by atoms with van der Waals surface area (Å²) in [6, 6.07) is 4.16. The number of rotatable bonds is 4. The molecule has 0 aliphatic carbocycles. The number of hydrogen-bond donors (Lipinski definition) is 3. The minimum atomic E-state index is -0.966. The van der Waals surface area contributed by atoms with E-state index in [0.717, 1.165) is 0 Å². The number of aliphatic hydroxyl groups is 1. The van der Waals surface area contributed by atoms with Crippen molar-refractivity contribution >= 4 is 11.6 Å². The Bertz CT molecular complexity index is 518. The summed E-state index contributed by atoms with van der Waals surface area (Å²) in [7, 11) is 1.57. The predicted octanol–water partition coefficient (Wildman–Crippen LogP) is 0.725. The van der Waals surface area contributed by atoms with Gasteiger partial charge in [0.2, 0.25) is 0 Å². The lowest BCUT2D eigenvalue weighted by molar-refractivity contribution is -0.0734. The first-order valence-corrected chi connectivity index (χ1v) is 6.77. The van der Waals surface area contributed by atoms with Crippen LogP contribution in [0.25, 0.3) is 0 Å². The van der Waals surface area contributed by atoms with Gasteiger partial charge in [-0.1, -0.05) is 6.07 Å². The first-order chi connectivity index (χ1) is 9.97. The van der Waals surface area contributed by atoms with Crippen LogP contribution in [-0.2, 0) is 4.74 Å². The van der Waals surface area contributed by atoms with E-state index in [4.69, 9.17) is 10.6 Å². The molecule has 0 unspecified atom stereocenters. The Balaban J connectivity index is 2.14. The van der Waals surface area contributed by atoms with Crippen LogP contribution in [0.2, 0.25) is 0 Å². The third kappa shape index (κ3) is 3.49. The van der Waals surface area contributed by atoms with Gasteiger partial charge in [-0.2, -0.15) is 0 Å². The molecule has 0 radical (unpaired) electrons. The highest BCUT2D eigenvalue weighted by atomic mass is 19.1. The number of carbonyl (C=O) groups is 1. The Hall–Kier alpha value is -1.70. The zero-order chi connectivity index (χ0) is 15.5. The zero-order valence-corrected chi connectivity index (χ0v) is 11.9. The molecule has 0 saturated carbocycles. The lowest BCUT2D eigenvalue weighted by atomic mass is 9.93. The van der Waals surface area contributed by atoms with Crippen molar-refractivity contribution in [1.29, 1.82) is 0 Å². The number of para-hydroxylation sites is 1. The number of halogens is 1. The summed E-state index contributed by atoms with van der Waals surface area (Å²) < 4.78 is 18.8. The van der Waals surface area contributed by atoms with Gasteiger partial charge in [-0.15, -0.1) is 0 Å². The van der Waals surface area contributed by atoms with Crippen LogP contribution in [0.15, 0.2) is 18.2 Å². The molecule has 1 aliphatic heterocycles. The molecular weight excluding hydrogens is 277 g/mol. The quantitative estimate of drug-likeness (QED) is 0.563. The third-order valence-electron chi connectivity index (χ3n) is 3.69. The van der Waals surface area contributed by atoms with E-state index in [1.807, 2.05) is 0 Å². The standard InChI is InChI=1S/C14H20FN3O3/c1-18(9-14(20)5-7-21-8-6-14)13(19)10-3-2-4-11(15)12(10)17-16/h2-4,17,20H,5-9,16H2,1H3. The van der Waals surface area contributed by atoms with Gasteiger partial charge in [0.25, 0.3) is 5.91 Å². The fraction of sp³-hybridized carbons (Fsp3) is 0.500. The number of benzene rings is 1. The van der Waals surface area contributed by atoms with Gasteiger partial charge >= 0.3 is 0 Å². The van der Waals surface area contributed by atoms with Gasteiger partial charge in [0.15, 0.2) is 0 Å². The molecular formula is C14H20FN3O3. The SMILES string of the molecule is CN(CC1(O)CCOCC1)C(=O)c1cccc(F)c1NN. The highest BCUT2D eigenvalue weighted by Gasteiger charge is 2.33. The average molecular weight is 297 g/mol. The average Bonchev–Trinajstić information content (AvgIpc) is 2.46. The van der Waals surface area contributed by atoms with Gasteiger partial charge in [-0.25, -0.2) is 4.39 Å². The first kappa shape index (κ1) is 15.7. The second kappa shape index (κ2) is 6.38. The number of nitrogens with two attached hydrogens (primary N) is 1. The molecule has 0 spiro atoms. The molecule has 0 atom stereocenters. The first-order valence-electron chi connectivity index (χ1n) is 6.77. The second-order valence-electron chi connectivity index (χ2n) is 5.30. The number of nitrogen functional groups attached to an aromatic ring is 1. The van der Waals surface area contributed by atoms with Crippen molar-refractivity contribution in [3.63, 3.8) is 0 Å². The van der Waals surface area contributed by atoms with Crippen LogP contribution < -0.4 is 11.3 Å². The number of likely N-dealkylation sites (N-methyl/N-ethyl adjacent to an activating group) is 1. The number of hydrogen-bond acceptors (Lipinski definition) is 5. The van der Waals surface area contributed by atoms with Crippen LogP contribution in [-0.4, -0.2) is 48.3 Å². The fourth-order valence-corrected chi connectivity index (χ4v) is 2.48. The number of anilines is 1. The molecule has 2 rings (SSSR count).